The maximum Gasteiger partial charge on any atom is 0.153 e. The molecule has 2 aromatic heterocycles. The first-order valence-electron chi connectivity index (χ1n) is 5.85. The highest BCUT2D eigenvalue weighted by molar-refractivity contribution is 6.36. The number of benzene rings is 1. The van der Waals surface area contributed by atoms with Crippen LogP contribution < -0.4 is 5.73 Å². The van der Waals surface area contributed by atoms with Crippen LogP contribution >= 0.6 is 23.2 Å². The Hall–Kier alpha value is -1.98. The zero-order valence-corrected chi connectivity index (χ0v) is 12.1. The predicted molar refractivity (Wildman–Crippen MR) is 80.7 cm³/mol. The van der Waals surface area contributed by atoms with Crippen molar-refractivity contribution >= 4 is 29.0 Å². The summed E-state index contributed by atoms with van der Waals surface area (Å²) in [5.74, 6) is 0.370. The van der Waals surface area contributed by atoms with E-state index in [0.717, 1.165) is 22.5 Å². The average molecular weight is 308 g/mol. The van der Waals surface area contributed by atoms with Crippen molar-refractivity contribution in [2.75, 3.05) is 5.73 Å². The Labute approximate surface area is 125 Å². The smallest absolute Gasteiger partial charge is 0.153 e. The minimum atomic E-state index is 0.370. The Kier molecular flexibility index (Phi) is 3.16. The Balaban J connectivity index is 2.21. The van der Waals surface area contributed by atoms with Gasteiger partial charge in [-0.05, 0) is 18.2 Å². The second kappa shape index (κ2) is 4.85. The van der Waals surface area contributed by atoms with Crippen molar-refractivity contribution in [1.29, 1.82) is 0 Å². The highest BCUT2D eigenvalue weighted by Crippen LogP contribution is 2.38. The molecule has 0 aliphatic heterocycles. The molecule has 0 unspecified atom stereocenters. The lowest BCUT2D eigenvalue weighted by atomic mass is 10.0. The first kappa shape index (κ1) is 13.0. The quantitative estimate of drug-likeness (QED) is 0.762. The molecule has 3 rings (SSSR count). The highest BCUT2D eigenvalue weighted by atomic mass is 35.5. The van der Waals surface area contributed by atoms with E-state index in [0.29, 0.717) is 15.9 Å². The number of aryl methyl sites for hydroxylation is 1. The summed E-state index contributed by atoms with van der Waals surface area (Å²) < 4.78 is 1.71. The average Bonchev–Trinajstić information content (AvgIpc) is 2.96. The van der Waals surface area contributed by atoms with Gasteiger partial charge in [0.2, 0.25) is 0 Å². The van der Waals surface area contributed by atoms with E-state index in [9.17, 15) is 0 Å². The van der Waals surface area contributed by atoms with E-state index in [1.165, 1.54) is 0 Å². The Bertz CT molecular complexity index is 775. The molecule has 3 aromatic rings. The molecule has 0 saturated heterocycles. The van der Waals surface area contributed by atoms with Gasteiger partial charge in [0.25, 0.3) is 0 Å². The first-order valence-corrected chi connectivity index (χ1v) is 6.61. The molecule has 0 amide bonds. The van der Waals surface area contributed by atoms with Gasteiger partial charge in [-0.15, -0.1) is 0 Å². The molecule has 0 aliphatic rings. The van der Waals surface area contributed by atoms with Gasteiger partial charge in [-0.2, -0.15) is 10.2 Å². The number of H-pyrrole nitrogens is 1. The molecule has 0 aliphatic carbocycles. The number of rotatable bonds is 2. The Morgan fingerprint density at radius 2 is 2.05 bits per heavy atom. The van der Waals surface area contributed by atoms with Crippen molar-refractivity contribution in [2.24, 2.45) is 7.05 Å². The number of hydrogen-bond donors (Lipinski definition) is 2. The molecule has 3 N–H and O–H groups in total. The van der Waals surface area contributed by atoms with E-state index < -0.39 is 0 Å². The zero-order valence-electron chi connectivity index (χ0n) is 10.6. The van der Waals surface area contributed by atoms with Gasteiger partial charge in [0, 0.05) is 23.8 Å². The van der Waals surface area contributed by atoms with Crippen LogP contribution in [0.3, 0.4) is 0 Å². The van der Waals surface area contributed by atoms with Crippen molar-refractivity contribution in [3.8, 4) is 22.5 Å². The zero-order chi connectivity index (χ0) is 14.3. The number of nitrogens with one attached hydrogen (secondary N) is 1. The number of aromatic amines is 1. The van der Waals surface area contributed by atoms with Gasteiger partial charge >= 0.3 is 0 Å². The maximum absolute atomic E-state index is 6.25. The van der Waals surface area contributed by atoms with Crippen LogP contribution in [0, 0.1) is 0 Å². The van der Waals surface area contributed by atoms with E-state index in [4.69, 9.17) is 28.9 Å². The van der Waals surface area contributed by atoms with E-state index in [-0.39, 0.29) is 0 Å². The van der Waals surface area contributed by atoms with E-state index >= 15 is 0 Å². The summed E-state index contributed by atoms with van der Waals surface area (Å²) in [4.78, 5) is 0. The maximum atomic E-state index is 6.25. The topological polar surface area (TPSA) is 72.5 Å². The number of aromatic nitrogens is 4. The van der Waals surface area contributed by atoms with Gasteiger partial charge in [-0.25, -0.2) is 0 Å². The molecule has 1 aromatic carbocycles. The second-order valence-electron chi connectivity index (χ2n) is 4.36. The number of nitrogen functional groups attached to an aromatic ring is 1. The Morgan fingerprint density at radius 3 is 2.70 bits per heavy atom. The normalized spacial score (nSPS) is 10.9. The standard InChI is InChI=1S/C13H11Cl2N5/c1-20-5-4-10(19-20)12-11(13(16)18-17-12)8-3-2-7(14)6-9(8)15/h2-6H,1H3,(H3,16,17,18). The van der Waals surface area contributed by atoms with Crippen LogP contribution in [0.1, 0.15) is 0 Å². The molecule has 7 heteroatoms. The summed E-state index contributed by atoms with van der Waals surface area (Å²) in [7, 11) is 1.85. The van der Waals surface area contributed by atoms with Crippen LogP contribution in [-0.2, 0) is 7.05 Å². The third kappa shape index (κ3) is 2.15. The lowest BCUT2D eigenvalue weighted by molar-refractivity contribution is 0.770. The van der Waals surface area contributed by atoms with Gasteiger partial charge in [0.05, 0.1) is 16.3 Å². The second-order valence-corrected chi connectivity index (χ2v) is 5.20. The molecule has 0 radical (unpaired) electrons. The minimum absolute atomic E-state index is 0.370. The summed E-state index contributed by atoms with van der Waals surface area (Å²) in [6.07, 6.45) is 1.85. The molecule has 0 saturated carbocycles. The van der Waals surface area contributed by atoms with Crippen LogP contribution in [-0.4, -0.2) is 20.0 Å². The summed E-state index contributed by atoms with van der Waals surface area (Å²) >= 11 is 12.2. The molecule has 20 heavy (non-hydrogen) atoms. The lowest BCUT2D eigenvalue weighted by Gasteiger charge is -2.05. The Morgan fingerprint density at radius 1 is 1.25 bits per heavy atom. The van der Waals surface area contributed by atoms with Gasteiger partial charge in [-0.1, -0.05) is 29.3 Å². The van der Waals surface area contributed by atoms with E-state index in [2.05, 4.69) is 15.3 Å². The fourth-order valence-electron chi connectivity index (χ4n) is 2.05. The number of nitrogens with two attached hydrogens (primary N) is 1. The summed E-state index contributed by atoms with van der Waals surface area (Å²) in [5.41, 5.74) is 8.93. The van der Waals surface area contributed by atoms with Crippen LogP contribution in [0.2, 0.25) is 10.0 Å². The monoisotopic (exact) mass is 307 g/mol. The van der Waals surface area contributed by atoms with Crippen molar-refractivity contribution in [3.63, 3.8) is 0 Å². The summed E-state index contributed by atoms with van der Waals surface area (Å²) in [6, 6.07) is 7.13. The van der Waals surface area contributed by atoms with Crippen LogP contribution in [0.15, 0.2) is 30.5 Å². The van der Waals surface area contributed by atoms with Crippen molar-refractivity contribution in [3.05, 3.63) is 40.5 Å². The summed E-state index contributed by atoms with van der Waals surface area (Å²) in [5, 5.41) is 12.4. The number of nitrogens with zero attached hydrogens (tertiary/aromatic N) is 3. The first-order chi connectivity index (χ1) is 9.56. The molecule has 0 bridgehead atoms. The van der Waals surface area contributed by atoms with Gasteiger partial charge < -0.3 is 5.73 Å². The van der Waals surface area contributed by atoms with Crippen LogP contribution in [0.5, 0.6) is 0 Å². The van der Waals surface area contributed by atoms with Crippen LogP contribution in [0.4, 0.5) is 5.82 Å². The number of halogens is 2. The molecular formula is C13H11Cl2N5. The third-order valence-corrected chi connectivity index (χ3v) is 3.51. The fraction of sp³-hybridized carbons (Fsp3) is 0.0769. The molecule has 2 heterocycles. The molecular weight excluding hydrogens is 297 g/mol. The number of anilines is 1. The lowest BCUT2D eigenvalue weighted by Crippen LogP contribution is -1.91. The SMILES string of the molecule is Cn1ccc(-c2[nH]nc(N)c2-c2ccc(Cl)cc2Cl)n1. The van der Waals surface area contributed by atoms with Crippen molar-refractivity contribution in [2.45, 2.75) is 0 Å². The highest BCUT2D eigenvalue weighted by Gasteiger charge is 2.18. The largest absolute Gasteiger partial charge is 0.382 e. The fourth-order valence-corrected chi connectivity index (χ4v) is 2.56. The predicted octanol–water partition coefficient (Wildman–Crippen LogP) is 3.37. The molecule has 102 valence electrons. The molecule has 0 atom stereocenters. The van der Waals surface area contributed by atoms with Gasteiger partial charge in [0.1, 0.15) is 5.69 Å². The summed E-state index contributed by atoms with van der Waals surface area (Å²) in [6.45, 7) is 0. The third-order valence-electron chi connectivity index (χ3n) is 2.96. The number of hydrogen-bond acceptors (Lipinski definition) is 3. The molecule has 0 spiro atoms. The molecule has 5 nitrogen and oxygen atoms in total. The van der Waals surface area contributed by atoms with Crippen molar-refractivity contribution in [1.82, 2.24) is 20.0 Å². The van der Waals surface area contributed by atoms with E-state index in [1.54, 1.807) is 16.8 Å². The molecule has 0 fully saturated rings. The van der Waals surface area contributed by atoms with Gasteiger partial charge in [-0.3, -0.25) is 9.78 Å². The van der Waals surface area contributed by atoms with Gasteiger partial charge in [0.15, 0.2) is 5.82 Å². The minimum Gasteiger partial charge on any atom is -0.382 e. The van der Waals surface area contributed by atoms with E-state index in [1.807, 2.05) is 25.4 Å². The van der Waals surface area contributed by atoms with Crippen LogP contribution in [0.25, 0.3) is 22.5 Å². The van der Waals surface area contributed by atoms with Crippen molar-refractivity contribution < 1.29 is 0 Å².